The summed E-state index contributed by atoms with van der Waals surface area (Å²) in [5.74, 6) is 0.821. The predicted octanol–water partition coefficient (Wildman–Crippen LogP) is 1.84. The second-order valence-electron chi connectivity index (χ2n) is 3.12. The zero-order valence-electron chi connectivity index (χ0n) is 8.29. The number of pyridine rings is 1. The monoisotopic (exact) mass is 222 g/mol. The molecule has 0 atom stereocenters. The van der Waals surface area contributed by atoms with Crippen LogP contribution in [0.5, 0.6) is 0 Å². The van der Waals surface area contributed by atoms with E-state index in [2.05, 4.69) is 20.3 Å². The minimum atomic E-state index is 0.549. The fourth-order valence-electron chi connectivity index (χ4n) is 1.34. The third kappa shape index (κ3) is 2.16. The average molecular weight is 223 g/mol. The highest BCUT2D eigenvalue weighted by Crippen LogP contribution is 2.24. The third-order valence-corrected chi connectivity index (χ3v) is 2.26. The Morgan fingerprint density at radius 2 is 2.40 bits per heavy atom. The molecule has 0 aliphatic carbocycles. The summed E-state index contributed by atoms with van der Waals surface area (Å²) in [6.45, 7) is 0.667. The van der Waals surface area contributed by atoms with Crippen molar-refractivity contribution >= 4 is 11.6 Å². The Balaban J connectivity index is 2.36. The molecule has 2 rings (SSSR count). The van der Waals surface area contributed by atoms with Crippen LogP contribution in [0.1, 0.15) is 5.82 Å². The molecule has 2 aromatic heterocycles. The number of aromatic amines is 1. The molecule has 0 bridgehead atoms. The van der Waals surface area contributed by atoms with Gasteiger partial charge in [-0.05, 0) is 19.2 Å². The molecule has 0 saturated heterocycles. The summed E-state index contributed by atoms with van der Waals surface area (Å²) in [6, 6.07) is 3.79. The molecule has 0 spiro atoms. The van der Waals surface area contributed by atoms with Gasteiger partial charge in [0.05, 0.1) is 6.54 Å². The highest BCUT2D eigenvalue weighted by atomic mass is 35.5. The molecule has 0 radical (unpaired) electrons. The fourth-order valence-corrected chi connectivity index (χ4v) is 1.60. The van der Waals surface area contributed by atoms with Gasteiger partial charge in [0, 0.05) is 18.0 Å². The molecular formula is C10H11ClN4. The lowest BCUT2D eigenvalue weighted by atomic mass is 10.2. The molecule has 15 heavy (non-hydrogen) atoms. The van der Waals surface area contributed by atoms with Gasteiger partial charge < -0.3 is 10.3 Å². The summed E-state index contributed by atoms with van der Waals surface area (Å²) in [5.41, 5.74) is 1.66. The highest BCUT2D eigenvalue weighted by molar-refractivity contribution is 6.31. The maximum Gasteiger partial charge on any atom is 0.134 e. The lowest BCUT2D eigenvalue weighted by Crippen LogP contribution is -2.06. The summed E-state index contributed by atoms with van der Waals surface area (Å²) in [7, 11) is 1.86. The van der Waals surface area contributed by atoms with Gasteiger partial charge >= 0.3 is 0 Å². The van der Waals surface area contributed by atoms with E-state index in [-0.39, 0.29) is 0 Å². The van der Waals surface area contributed by atoms with Crippen LogP contribution < -0.4 is 5.32 Å². The van der Waals surface area contributed by atoms with E-state index in [1.807, 2.05) is 19.2 Å². The van der Waals surface area contributed by atoms with E-state index in [0.717, 1.165) is 17.1 Å². The molecule has 0 fully saturated rings. The summed E-state index contributed by atoms with van der Waals surface area (Å²) in [5, 5.41) is 3.56. The molecule has 0 unspecified atom stereocenters. The van der Waals surface area contributed by atoms with Crippen LogP contribution in [-0.2, 0) is 6.54 Å². The first kappa shape index (κ1) is 10.1. The van der Waals surface area contributed by atoms with Gasteiger partial charge in [-0.15, -0.1) is 0 Å². The first-order chi connectivity index (χ1) is 7.31. The number of nitrogens with zero attached hydrogens (tertiary/aromatic N) is 2. The topological polar surface area (TPSA) is 53.6 Å². The number of hydrogen-bond donors (Lipinski definition) is 2. The summed E-state index contributed by atoms with van der Waals surface area (Å²) < 4.78 is 0. The second kappa shape index (κ2) is 4.42. The number of imidazole rings is 1. The van der Waals surface area contributed by atoms with Crippen LogP contribution in [0.4, 0.5) is 0 Å². The van der Waals surface area contributed by atoms with Gasteiger partial charge in [-0.25, -0.2) is 4.98 Å². The number of aromatic nitrogens is 3. The summed E-state index contributed by atoms with van der Waals surface area (Å²) in [4.78, 5) is 11.4. The Labute approximate surface area is 92.7 Å². The van der Waals surface area contributed by atoms with Gasteiger partial charge in [-0.3, -0.25) is 4.98 Å². The van der Waals surface area contributed by atoms with E-state index in [1.165, 1.54) is 0 Å². The Kier molecular flexibility index (Phi) is 2.99. The largest absolute Gasteiger partial charge is 0.331 e. The molecule has 0 amide bonds. The Morgan fingerprint density at radius 3 is 3.07 bits per heavy atom. The van der Waals surface area contributed by atoms with Gasteiger partial charge in [-0.2, -0.15) is 0 Å². The minimum Gasteiger partial charge on any atom is -0.331 e. The molecule has 78 valence electrons. The Morgan fingerprint density at radius 1 is 1.53 bits per heavy atom. The van der Waals surface area contributed by atoms with Gasteiger partial charge in [0.25, 0.3) is 0 Å². The van der Waals surface area contributed by atoms with Crippen molar-refractivity contribution in [1.82, 2.24) is 20.3 Å². The molecule has 0 aliphatic rings. The molecule has 2 N–H and O–H groups in total. The molecule has 0 aromatic carbocycles. The number of halogens is 1. The lowest BCUT2D eigenvalue weighted by Gasteiger charge is -1.94. The third-order valence-electron chi connectivity index (χ3n) is 1.99. The van der Waals surface area contributed by atoms with Crippen molar-refractivity contribution < 1.29 is 0 Å². The van der Waals surface area contributed by atoms with Gasteiger partial charge in [0.1, 0.15) is 16.7 Å². The first-order valence-electron chi connectivity index (χ1n) is 4.60. The molecule has 5 heteroatoms. The predicted molar refractivity (Wildman–Crippen MR) is 59.6 cm³/mol. The van der Waals surface area contributed by atoms with Crippen LogP contribution in [0.25, 0.3) is 11.3 Å². The standard InChI is InChI=1S/C10H11ClN4/c1-12-6-8-14-9(10(11)15-8)7-3-2-4-13-5-7/h2-5,12H,6H2,1H3,(H,14,15). The zero-order valence-corrected chi connectivity index (χ0v) is 9.04. The van der Waals surface area contributed by atoms with E-state index in [9.17, 15) is 0 Å². The molecule has 2 heterocycles. The Bertz CT molecular complexity index is 438. The van der Waals surface area contributed by atoms with Crippen LogP contribution in [0, 0.1) is 0 Å². The maximum atomic E-state index is 6.04. The first-order valence-corrected chi connectivity index (χ1v) is 4.98. The summed E-state index contributed by atoms with van der Waals surface area (Å²) >= 11 is 6.04. The molecular weight excluding hydrogens is 212 g/mol. The SMILES string of the molecule is CNCc1nc(-c2cccnc2)c(Cl)[nH]1. The number of H-pyrrole nitrogens is 1. The molecule has 4 nitrogen and oxygen atoms in total. The van der Waals surface area contributed by atoms with Crippen LogP contribution in [0.15, 0.2) is 24.5 Å². The smallest absolute Gasteiger partial charge is 0.134 e. The number of hydrogen-bond acceptors (Lipinski definition) is 3. The van der Waals surface area contributed by atoms with Crippen LogP contribution in [-0.4, -0.2) is 22.0 Å². The molecule has 0 saturated carbocycles. The van der Waals surface area contributed by atoms with Crippen LogP contribution in [0.2, 0.25) is 5.15 Å². The fraction of sp³-hybridized carbons (Fsp3) is 0.200. The number of nitrogens with one attached hydrogen (secondary N) is 2. The highest BCUT2D eigenvalue weighted by Gasteiger charge is 2.09. The molecule has 0 aliphatic heterocycles. The van der Waals surface area contributed by atoms with Crippen molar-refractivity contribution in [2.24, 2.45) is 0 Å². The summed E-state index contributed by atoms with van der Waals surface area (Å²) in [6.07, 6.45) is 3.46. The van der Waals surface area contributed by atoms with Crippen molar-refractivity contribution in [3.05, 3.63) is 35.5 Å². The number of rotatable bonds is 3. The van der Waals surface area contributed by atoms with Gasteiger partial charge in [-0.1, -0.05) is 11.6 Å². The van der Waals surface area contributed by atoms with E-state index in [4.69, 9.17) is 11.6 Å². The maximum absolute atomic E-state index is 6.04. The normalized spacial score (nSPS) is 10.5. The lowest BCUT2D eigenvalue weighted by molar-refractivity contribution is 0.772. The van der Waals surface area contributed by atoms with Crippen molar-refractivity contribution in [3.63, 3.8) is 0 Å². The van der Waals surface area contributed by atoms with Crippen molar-refractivity contribution in [1.29, 1.82) is 0 Å². The van der Waals surface area contributed by atoms with Crippen molar-refractivity contribution in [2.45, 2.75) is 6.54 Å². The van der Waals surface area contributed by atoms with Crippen molar-refractivity contribution in [2.75, 3.05) is 7.05 Å². The van der Waals surface area contributed by atoms with E-state index in [1.54, 1.807) is 12.4 Å². The Hall–Kier alpha value is -1.39. The van der Waals surface area contributed by atoms with E-state index >= 15 is 0 Å². The zero-order chi connectivity index (χ0) is 10.7. The van der Waals surface area contributed by atoms with E-state index < -0.39 is 0 Å². The van der Waals surface area contributed by atoms with Gasteiger partial charge in [0.15, 0.2) is 0 Å². The van der Waals surface area contributed by atoms with E-state index in [0.29, 0.717) is 11.7 Å². The second-order valence-corrected chi connectivity index (χ2v) is 3.50. The quantitative estimate of drug-likeness (QED) is 0.834. The van der Waals surface area contributed by atoms with Crippen molar-refractivity contribution in [3.8, 4) is 11.3 Å². The van der Waals surface area contributed by atoms with Crippen LogP contribution in [0.3, 0.4) is 0 Å². The van der Waals surface area contributed by atoms with Gasteiger partial charge in [0.2, 0.25) is 0 Å². The average Bonchev–Trinajstić information content (AvgIpc) is 2.61. The van der Waals surface area contributed by atoms with Crippen LogP contribution >= 0.6 is 11.6 Å². The molecule has 2 aromatic rings. The minimum absolute atomic E-state index is 0.549.